The van der Waals surface area contributed by atoms with Crippen LogP contribution >= 0.6 is 0 Å². The van der Waals surface area contributed by atoms with Gasteiger partial charge >= 0.3 is 0 Å². The van der Waals surface area contributed by atoms with Crippen molar-refractivity contribution in [3.63, 3.8) is 0 Å². The van der Waals surface area contributed by atoms with E-state index >= 15 is 0 Å². The van der Waals surface area contributed by atoms with Crippen molar-refractivity contribution in [2.24, 2.45) is 0 Å². The highest BCUT2D eigenvalue weighted by molar-refractivity contribution is 6.13. The van der Waals surface area contributed by atoms with Gasteiger partial charge in [-0.05, 0) is 6.42 Å². The van der Waals surface area contributed by atoms with Gasteiger partial charge in [-0.2, -0.15) is 4.98 Å². The Morgan fingerprint density at radius 3 is 3.05 bits per heavy atom. The summed E-state index contributed by atoms with van der Waals surface area (Å²) >= 11 is 0. The van der Waals surface area contributed by atoms with E-state index in [-0.39, 0.29) is 5.69 Å². The summed E-state index contributed by atoms with van der Waals surface area (Å²) in [4.78, 5) is 37.3. The molecule has 0 unspecified atom stereocenters. The molecule has 2 heterocycles. The second kappa shape index (κ2) is 6.58. The summed E-state index contributed by atoms with van der Waals surface area (Å²) < 4.78 is 0. The molecule has 0 radical (unpaired) electrons. The molecule has 0 amide bonds. The fourth-order valence-corrected chi connectivity index (χ4v) is 1.79. The number of carbonyl (C=O) groups is 1. The van der Waals surface area contributed by atoms with Crippen molar-refractivity contribution in [1.29, 1.82) is 0 Å². The minimum absolute atomic E-state index is 0.119. The molecule has 2 aromatic heterocycles. The monoisotopic (exact) mass is 273 g/mol. The van der Waals surface area contributed by atoms with E-state index in [2.05, 4.69) is 32.2 Å². The van der Waals surface area contributed by atoms with Gasteiger partial charge in [0.15, 0.2) is 5.65 Å². The highest BCUT2D eigenvalue weighted by Crippen LogP contribution is 2.14. The third kappa shape index (κ3) is 3.07. The molecule has 0 saturated carbocycles. The largest absolute Gasteiger partial charge is 0.354 e. The predicted molar refractivity (Wildman–Crippen MR) is 74.3 cm³/mol. The van der Waals surface area contributed by atoms with Crippen LogP contribution in [0.5, 0.6) is 0 Å². The smallest absolute Gasteiger partial charge is 0.225 e. The normalized spacial score (nSPS) is 10.2. The lowest BCUT2D eigenvalue weighted by atomic mass is 10.2. The number of ketones is 1. The maximum atomic E-state index is 11.8. The summed E-state index contributed by atoms with van der Waals surface area (Å²) in [6, 6.07) is 0. The zero-order valence-electron chi connectivity index (χ0n) is 11.1. The van der Waals surface area contributed by atoms with Gasteiger partial charge in [0, 0.05) is 6.54 Å². The number of aromatic nitrogens is 4. The Morgan fingerprint density at radius 1 is 1.45 bits per heavy atom. The fourth-order valence-electron chi connectivity index (χ4n) is 1.79. The molecule has 0 aliphatic heterocycles. The number of anilines is 1. The van der Waals surface area contributed by atoms with Crippen molar-refractivity contribution < 1.29 is 9.59 Å². The van der Waals surface area contributed by atoms with E-state index in [0.717, 1.165) is 31.9 Å². The van der Waals surface area contributed by atoms with Crippen molar-refractivity contribution in [3.8, 4) is 0 Å². The molecule has 2 N–H and O–H groups in total. The first-order chi connectivity index (χ1) is 9.76. The van der Waals surface area contributed by atoms with Crippen molar-refractivity contribution >= 4 is 28.8 Å². The summed E-state index contributed by atoms with van der Waals surface area (Å²) in [6.45, 7) is 2.84. The molecule has 0 aliphatic rings. The Labute approximate surface area is 115 Å². The summed E-state index contributed by atoms with van der Waals surface area (Å²) in [6.07, 6.45) is 5.47. The second-order valence-corrected chi connectivity index (χ2v) is 4.26. The van der Waals surface area contributed by atoms with E-state index in [1.54, 1.807) is 0 Å². The molecule has 2 aromatic rings. The van der Waals surface area contributed by atoms with E-state index in [4.69, 9.17) is 0 Å². The molecule has 104 valence electrons. The van der Waals surface area contributed by atoms with Gasteiger partial charge in [-0.1, -0.05) is 19.8 Å². The zero-order valence-corrected chi connectivity index (χ0v) is 11.1. The molecule has 0 bridgehead atoms. The van der Waals surface area contributed by atoms with Gasteiger partial charge in [-0.3, -0.25) is 4.79 Å². The summed E-state index contributed by atoms with van der Waals surface area (Å²) in [5, 5.41) is 3.06. The lowest BCUT2D eigenvalue weighted by Gasteiger charge is -2.05. The fraction of sp³-hybridized carbons (Fsp3) is 0.385. The van der Waals surface area contributed by atoms with Crippen LogP contribution in [0.2, 0.25) is 0 Å². The molecule has 2 rings (SSSR count). The SMILES string of the molecule is CCCCCNc1nc(C(=O)C=C=O)c2[nH]cnc2n1. The van der Waals surface area contributed by atoms with Crippen LogP contribution < -0.4 is 5.32 Å². The number of rotatable bonds is 7. The van der Waals surface area contributed by atoms with Gasteiger partial charge in [0.2, 0.25) is 11.7 Å². The number of imidazole rings is 1. The average Bonchev–Trinajstić information content (AvgIpc) is 2.91. The van der Waals surface area contributed by atoms with Gasteiger partial charge in [0.25, 0.3) is 0 Å². The Balaban J connectivity index is 2.28. The lowest BCUT2D eigenvalue weighted by molar-refractivity contribution is 0.104. The first-order valence-corrected chi connectivity index (χ1v) is 6.46. The quantitative estimate of drug-likeness (QED) is 0.343. The lowest BCUT2D eigenvalue weighted by Crippen LogP contribution is -2.09. The second-order valence-electron chi connectivity index (χ2n) is 4.26. The standard InChI is InChI=1S/C13H15N5O2/c1-2-3-4-6-14-13-17-10(9(20)5-7-19)11-12(18-13)16-8-15-11/h5,8H,2-4,6H2,1H3,(H2,14,15,16,17,18). The highest BCUT2D eigenvalue weighted by atomic mass is 16.1. The van der Waals surface area contributed by atoms with Crippen molar-refractivity contribution in [3.05, 3.63) is 18.1 Å². The molecule has 0 atom stereocenters. The molecule has 20 heavy (non-hydrogen) atoms. The summed E-state index contributed by atoms with van der Waals surface area (Å²) in [5.74, 6) is 1.28. The molecule has 0 aliphatic carbocycles. The summed E-state index contributed by atoms with van der Waals surface area (Å²) in [7, 11) is 0. The molecule has 0 saturated heterocycles. The number of carbonyl (C=O) groups excluding carboxylic acids is 2. The maximum absolute atomic E-state index is 11.8. The van der Waals surface area contributed by atoms with Crippen molar-refractivity contribution in [1.82, 2.24) is 19.9 Å². The summed E-state index contributed by atoms with van der Waals surface area (Å²) in [5.41, 5.74) is 0.926. The number of aromatic amines is 1. The Hall–Kier alpha value is -2.53. The molecular weight excluding hydrogens is 258 g/mol. The van der Waals surface area contributed by atoms with E-state index < -0.39 is 5.78 Å². The average molecular weight is 273 g/mol. The third-order valence-electron chi connectivity index (χ3n) is 2.77. The molecule has 7 nitrogen and oxygen atoms in total. The minimum Gasteiger partial charge on any atom is -0.354 e. The first-order valence-electron chi connectivity index (χ1n) is 6.46. The molecule has 0 fully saturated rings. The van der Waals surface area contributed by atoms with Crippen LogP contribution in [0.4, 0.5) is 5.95 Å². The topological polar surface area (TPSA) is 101 Å². The van der Waals surface area contributed by atoms with Crippen LogP contribution in [0.15, 0.2) is 12.4 Å². The molecule has 0 aromatic carbocycles. The zero-order chi connectivity index (χ0) is 14.4. The van der Waals surface area contributed by atoms with Gasteiger partial charge < -0.3 is 10.3 Å². The van der Waals surface area contributed by atoms with Crippen LogP contribution in [0.3, 0.4) is 0 Å². The Morgan fingerprint density at radius 2 is 2.30 bits per heavy atom. The number of unbranched alkanes of at least 4 members (excludes halogenated alkanes) is 2. The van der Waals surface area contributed by atoms with E-state index in [1.807, 2.05) is 0 Å². The Bertz CT molecular complexity index is 658. The van der Waals surface area contributed by atoms with E-state index in [9.17, 15) is 9.59 Å². The number of allylic oxidation sites excluding steroid dienone is 1. The van der Waals surface area contributed by atoms with Crippen LogP contribution in [-0.4, -0.2) is 38.2 Å². The predicted octanol–water partition coefficient (Wildman–Crippen LogP) is 1.53. The van der Waals surface area contributed by atoms with Gasteiger partial charge in [-0.15, -0.1) is 0 Å². The van der Waals surface area contributed by atoms with Crippen molar-refractivity contribution in [2.45, 2.75) is 26.2 Å². The number of nitrogens with zero attached hydrogens (tertiary/aromatic N) is 3. The van der Waals surface area contributed by atoms with Gasteiger partial charge in [0.05, 0.1) is 12.4 Å². The molecular formula is C13H15N5O2. The highest BCUT2D eigenvalue weighted by Gasteiger charge is 2.15. The number of hydrogen-bond donors (Lipinski definition) is 2. The number of fused-ring (bicyclic) bond motifs is 1. The number of nitrogens with one attached hydrogen (secondary N) is 2. The Kier molecular flexibility index (Phi) is 4.57. The number of hydrogen-bond acceptors (Lipinski definition) is 6. The van der Waals surface area contributed by atoms with Crippen LogP contribution in [0.1, 0.15) is 36.7 Å². The first kappa shape index (κ1) is 13.9. The van der Waals surface area contributed by atoms with Crippen LogP contribution in [0, 0.1) is 0 Å². The van der Waals surface area contributed by atoms with Gasteiger partial charge in [0.1, 0.15) is 17.2 Å². The van der Waals surface area contributed by atoms with Gasteiger partial charge in [-0.25, -0.2) is 14.8 Å². The third-order valence-corrected chi connectivity index (χ3v) is 2.77. The van der Waals surface area contributed by atoms with E-state index in [1.165, 1.54) is 12.3 Å². The minimum atomic E-state index is -0.520. The molecule has 0 spiro atoms. The van der Waals surface area contributed by atoms with E-state index in [0.29, 0.717) is 17.1 Å². The van der Waals surface area contributed by atoms with Crippen LogP contribution in [0.25, 0.3) is 11.2 Å². The maximum Gasteiger partial charge on any atom is 0.225 e. The number of H-pyrrole nitrogens is 1. The van der Waals surface area contributed by atoms with Crippen LogP contribution in [-0.2, 0) is 4.79 Å². The molecule has 7 heteroatoms. The van der Waals surface area contributed by atoms with Crippen molar-refractivity contribution in [2.75, 3.05) is 11.9 Å².